The van der Waals surface area contributed by atoms with Crippen molar-refractivity contribution < 1.29 is 4.79 Å². The Kier molecular flexibility index (Phi) is 1.91. The third-order valence-corrected chi connectivity index (χ3v) is 4.57. The second-order valence-corrected chi connectivity index (χ2v) is 5.45. The third-order valence-electron chi connectivity index (χ3n) is 4.57. The molecule has 3 heteroatoms. The van der Waals surface area contributed by atoms with E-state index in [2.05, 4.69) is 28.6 Å². The second kappa shape index (κ2) is 3.37. The van der Waals surface area contributed by atoms with E-state index < -0.39 is 0 Å². The van der Waals surface area contributed by atoms with Gasteiger partial charge in [-0.1, -0.05) is 0 Å². The first kappa shape index (κ1) is 10.2. The molecule has 4 heterocycles. The van der Waals surface area contributed by atoms with Crippen LogP contribution in [0.3, 0.4) is 0 Å². The van der Waals surface area contributed by atoms with Crippen molar-refractivity contribution >= 4 is 23.0 Å². The molecule has 3 aliphatic heterocycles. The van der Waals surface area contributed by atoms with Crippen molar-refractivity contribution in [2.45, 2.75) is 18.8 Å². The van der Waals surface area contributed by atoms with E-state index >= 15 is 0 Å². The molecule has 0 atom stereocenters. The average molecular weight is 240 g/mol. The fourth-order valence-corrected chi connectivity index (χ4v) is 3.72. The molecule has 5 rings (SSSR count). The average Bonchev–Trinajstić information content (AvgIpc) is 2.76. The fourth-order valence-electron chi connectivity index (χ4n) is 3.72. The highest BCUT2D eigenvalue weighted by Crippen LogP contribution is 2.47. The zero-order valence-electron chi connectivity index (χ0n) is 10.5. The lowest BCUT2D eigenvalue weighted by Gasteiger charge is -2.41. The number of hydrogen-bond acceptors (Lipinski definition) is 2. The number of carbonyl (C=O) groups excluding carboxylic acids is 1. The first-order chi connectivity index (χ1) is 8.79. The van der Waals surface area contributed by atoms with Crippen LogP contribution in [0.15, 0.2) is 18.2 Å². The van der Waals surface area contributed by atoms with Crippen LogP contribution in [0.5, 0.6) is 0 Å². The molecule has 3 nitrogen and oxygen atoms in total. The molecular formula is C15H16N2O. The highest BCUT2D eigenvalue weighted by molar-refractivity contribution is 5.95. The van der Waals surface area contributed by atoms with Gasteiger partial charge in [0.2, 0.25) is 0 Å². The predicted molar refractivity (Wildman–Crippen MR) is 72.5 cm³/mol. The Labute approximate surface area is 106 Å². The van der Waals surface area contributed by atoms with Gasteiger partial charge in [0.25, 0.3) is 0 Å². The number of carbonyl (C=O) groups is 1. The van der Waals surface area contributed by atoms with Gasteiger partial charge in [-0.15, -0.1) is 0 Å². The lowest BCUT2D eigenvalue weighted by Crippen LogP contribution is -2.39. The smallest absolute Gasteiger partial charge is 0.150 e. The Morgan fingerprint density at radius 1 is 1.28 bits per heavy atom. The number of hydrogen-bond donors (Lipinski definition) is 0. The Bertz CT molecular complexity index is 648. The number of fused-ring (bicyclic) bond motifs is 3. The molecule has 1 aromatic heterocycles. The number of aryl methyl sites for hydroxylation is 1. The molecule has 2 aromatic rings. The molecule has 0 radical (unpaired) electrons. The molecule has 0 unspecified atom stereocenters. The molecule has 0 spiro atoms. The summed E-state index contributed by atoms with van der Waals surface area (Å²) in [7, 11) is 2.14. The monoisotopic (exact) mass is 240 g/mol. The largest absolute Gasteiger partial charge is 0.358 e. The van der Waals surface area contributed by atoms with Crippen molar-refractivity contribution in [1.82, 2.24) is 4.57 Å². The number of anilines is 1. The van der Waals surface area contributed by atoms with Crippen molar-refractivity contribution in [3.8, 4) is 0 Å². The summed E-state index contributed by atoms with van der Waals surface area (Å²) in [6.07, 6.45) is 3.47. The van der Waals surface area contributed by atoms with Crippen LogP contribution in [0, 0.1) is 0 Å². The summed E-state index contributed by atoms with van der Waals surface area (Å²) in [5.74, 6) is 2.08. The van der Waals surface area contributed by atoms with Crippen LogP contribution in [0.4, 0.5) is 5.82 Å². The van der Waals surface area contributed by atoms with Crippen LogP contribution in [-0.4, -0.2) is 23.9 Å². The van der Waals surface area contributed by atoms with E-state index in [1.807, 2.05) is 6.07 Å². The van der Waals surface area contributed by atoms with Crippen molar-refractivity contribution in [1.29, 1.82) is 0 Å². The van der Waals surface area contributed by atoms with Crippen LogP contribution in [0.2, 0.25) is 0 Å². The highest BCUT2D eigenvalue weighted by Gasteiger charge is 2.35. The molecule has 1 saturated heterocycles. The Balaban J connectivity index is 2.10. The van der Waals surface area contributed by atoms with E-state index in [0.717, 1.165) is 11.8 Å². The van der Waals surface area contributed by atoms with E-state index in [1.54, 1.807) is 0 Å². The number of piperidine rings is 1. The molecular weight excluding hydrogens is 224 g/mol. The SMILES string of the molecule is Cn1c2c(c3cc(C=O)ccc31)C1CCN2CC1. The van der Waals surface area contributed by atoms with Gasteiger partial charge < -0.3 is 9.47 Å². The minimum atomic E-state index is 0.690. The molecule has 3 aliphatic rings. The number of rotatable bonds is 1. The van der Waals surface area contributed by atoms with Gasteiger partial charge in [-0.2, -0.15) is 0 Å². The van der Waals surface area contributed by atoms with Crippen LogP contribution < -0.4 is 4.90 Å². The topological polar surface area (TPSA) is 25.2 Å². The lowest BCUT2D eigenvalue weighted by atomic mass is 9.84. The van der Waals surface area contributed by atoms with Gasteiger partial charge in [-0.05, 0) is 37.0 Å². The normalized spacial score (nSPS) is 18.4. The van der Waals surface area contributed by atoms with Gasteiger partial charge in [-0.3, -0.25) is 4.79 Å². The van der Waals surface area contributed by atoms with Crippen molar-refractivity contribution in [2.24, 2.45) is 7.05 Å². The lowest BCUT2D eigenvalue weighted by molar-refractivity contribution is 0.112. The summed E-state index contributed by atoms with van der Waals surface area (Å²) in [6, 6.07) is 6.05. The Morgan fingerprint density at radius 3 is 2.78 bits per heavy atom. The second-order valence-electron chi connectivity index (χ2n) is 5.45. The van der Waals surface area contributed by atoms with Crippen LogP contribution in [0.1, 0.15) is 34.7 Å². The molecule has 0 amide bonds. The highest BCUT2D eigenvalue weighted by atomic mass is 16.1. The van der Waals surface area contributed by atoms with Gasteiger partial charge >= 0.3 is 0 Å². The quantitative estimate of drug-likeness (QED) is 0.716. The van der Waals surface area contributed by atoms with E-state index in [9.17, 15) is 4.79 Å². The van der Waals surface area contributed by atoms with Gasteiger partial charge in [0.15, 0.2) is 0 Å². The van der Waals surface area contributed by atoms with Crippen molar-refractivity contribution in [3.63, 3.8) is 0 Å². The summed E-state index contributed by atoms with van der Waals surface area (Å²) < 4.78 is 2.30. The maximum absolute atomic E-state index is 11.0. The molecule has 18 heavy (non-hydrogen) atoms. The summed E-state index contributed by atoms with van der Waals surface area (Å²) >= 11 is 0. The fraction of sp³-hybridized carbons (Fsp3) is 0.400. The van der Waals surface area contributed by atoms with E-state index in [0.29, 0.717) is 5.92 Å². The maximum Gasteiger partial charge on any atom is 0.150 e. The molecule has 2 bridgehead atoms. The van der Waals surface area contributed by atoms with E-state index in [4.69, 9.17) is 0 Å². The van der Waals surface area contributed by atoms with E-state index in [1.165, 1.54) is 48.2 Å². The van der Waals surface area contributed by atoms with Gasteiger partial charge in [0.05, 0.1) is 0 Å². The molecule has 0 saturated carbocycles. The van der Waals surface area contributed by atoms with Crippen molar-refractivity contribution in [3.05, 3.63) is 29.3 Å². The number of benzene rings is 1. The molecule has 1 aromatic carbocycles. The molecule has 1 fully saturated rings. The summed E-state index contributed by atoms with van der Waals surface area (Å²) in [5, 5.41) is 1.28. The number of nitrogens with zero attached hydrogens (tertiary/aromatic N) is 2. The van der Waals surface area contributed by atoms with E-state index in [-0.39, 0.29) is 0 Å². The predicted octanol–water partition coefficient (Wildman–Crippen LogP) is 2.69. The summed E-state index contributed by atoms with van der Waals surface area (Å²) in [5.41, 5.74) is 3.52. The number of aldehydes is 1. The van der Waals surface area contributed by atoms with Crippen LogP contribution in [-0.2, 0) is 7.05 Å². The zero-order chi connectivity index (χ0) is 12.3. The van der Waals surface area contributed by atoms with Gasteiger partial charge in [0.1, 0.15) is 12.1 Å². The van der Waals surface area contributed by atoms with Crippen molar-refractivity contribution in [2.75, 3.05) is 18.0 Å². The number of aromatic nitrogens is 1. The standard InChI is InChI=1S/C15H16N2O/c1-16-13-3-2-10(9-18)8-12(13)14-11-4-6-17(7-5-11)15(14)16/h2-3,8-9,11H,4-7H2,1H3. The van der Waals surface area contributed by atoms with Crippen LogP contribution >= 0.6 is 0 Å². The first-order valence-electron chi connectivity index (χ1n) is 6.62. The third kappa shape index (κ3) is 1.12. The Morgan fingerprint density at radius 2 is 2.06 bits per heavy atom. The van der Waals surface area contributed by atoms with Crippen LogP contribution in [0.25, 0.3) is 10.9 Å². The Hall–Kier alpha value is -1.77. The molecule has 92 valence electrons. The van der Waals surface area contributed by atoms with Gasteiger partial charge in [0, 0.05) is 42.2 Å². The maximum atomic E-state index is 11.0. The first-order valence-corrected chi connectivity index (χ1v) is 6.62. The molecule has 0 N–H and O–H groups in total. The summed E-state index contributed by atoms with van der Waals surface area (Å²) in [4.78, 5) is 13.5. The summed E-state index contributed by atoms with van der Waals surface area (Å²) in [6.45, 7) is 2.37. The minimum absolute atomic E-state index is 0.690. The molecule has 0 aliphatic carbocycles. The van der Waals surface area contributed by atoms with Gasteiger partial charge in [-0.25, -0.2) is 0 Å². The minimum Gasteiger partial charge on any atom is -0.358 e. The zero-order valence-corrected chi connectivity index (χ0v) is 10.5.